The fourth-order valence-electron chi connectivity index (χ4n) is 1.14. The highest BCUT2D eigenvalue weighted by Gasteiger charge is 2.39. The van der Waals surface area contributed by atoms with Crippen LogP contribution in [0.5, 0.6) is 5.88 Å². The topological polar surface area (TPSA) is 50.8 Å². The molecule has 0 aromatic carbocycles. The van der Waals surface area contributed by atoms with Gasteiger partial charge in [-0.25, -0.2) is 4.68 Å². The Hall–Kier alpha value is -1.71. The second-order valence-electron chi connectivity index (χ2n) is 3.30. The molecule has 4 nitrogen and oxygen atoms in total. The second-order valence-corrected chi connectivity index (χ2v) is 3.30. The summed E-state index contributed by atoms with van der Waals surface area (Å²) in [6.45, 7) is 2.41. The molecule has 0 bridgehead atoms. The Morgan fingerprint density at radius 3 is 2.50 bits per heavy atom. The molecule has 1 unspecified atom stereocenters. The lowest BCUT2D eigenvalue weighted by molar-refractivity contribution is -0.190. The highest BCUT2D eigenvalue weighted by atomic mass is 19.4. The molecule has 1 aromatic rings. The van der Waals surface area contributed by atoms with E-state index in [1.165, 1.54) is 14.0 Å². The summed E-state index contributed by atoms with van der Waals surface area (Å²) >= 11 is 0. The maximum Gasteiger partial charge on any atom is 0.425 e. The zero-order chi connectivity index (χ0) is 12.5. The van der Waals surface area contributed by atoms with E-state index < -0.39 is 12.3 Å². The van der Waals surface area contributed by atoms with Gasteiger partial charge >= 0.3 is 6.18 Å². The van der Waals surface area contributed by atoms with Gasteiger partial charge in [0.1, 0.15) is 11.6 Å². The maximum absolute atomic E-state index is 12.3. The molecule has 1 aromatic heterocycles. The summed E-state index contributed by atoms with van der Waals surface area (Å²) in [4.78, 5) is 0. The van der Waals surface area contributed by atoms with Crippen LogP contribution in [0.25, 0.3) is 0 Å². The Morgan fingerprint density at radius 2 is 2.06 bits per heavy atom. The van der Waals surface area contributed by atoms with Crippen molar-refractivity contribution in [2.45, 2.75) is 26.1 Å². The number of aryl methyl sites for hydroxylation is 2. The summed E-state index contributed by atoms with van der Waals surface area (Å²) in [5.41, 5.74) is 0.368. The van der Waals surface area contributed by atoms with Crippen molar-refractivity contribution in [3.05, 3.63) is 11.3 Å². The number of ether oxygens (including phenoxy) is 1. The van der Waals surface area contributed by atoms with E-state index >= 15 is 0 Å². The van der Waals surface area contributed by atoms with Crippen molar-refractivity contribution in [3.8, 4) is 11.9 Å². The van der Waals surface area contributed by atoms with E-state index in [0.717, 1.165) is 11.6 Å². The van der Waals surface area contributed by atoms with Gasteiger partial charge in [0.2, 0.25) is 5.88 Å². The Labute approximate surface area is 90.2 Å². The molecule has 0 aliphatic carbocycles. The van der Waals surface area contributed by atoms with E-state index in [-0.39, 0.29) is 11.4 Å². The zero-order valence-corrected chi connectivity index (χ0v) is 8.96. The molecule has 0 aliphatic heterocycles. The molecule has 7 heteroatoms. The van der Waals surface area contributed by atoms with Gasteiger partial charge in [0.25, 0.3) is 0 Å². The van der Waals surface area contributed by atoms with Crippen molar-refractivity contribution >= 4 is 0 Å². The molecule has 0 N–H and O–H groups in total. The average molecular weight is 233 g/mol. The van der Waals surface area contributed by atoms with Gasteiger partial charge in [-0.05, 0) is 13.8 Å². The van der Waals surface area contributed by atoms with Gasteiger partial charge in [-0.3, -0.25) is 0 Å². The van der Waals surface area contributed by atoms with E-state index in [0.29, 0.717) is 5.69 Å². The third-order valence-corrected chi connectivity index (χ3v) is 2.03. The molecule has 0 spiro atoms. The fourth-order valence-corrected chi connectivity index (χ4v) is 1.14. The highest BCUT2D eigenvalue weighted by Crippen LogP contribution is 2.27. The molecule has 1 atom stereocenters. The zero-order valence-electron chi connectivity index (χ0n) is 8.96. The SMILES string of the molecule is Cc1nn(C)c(OC(C)C(F)(F)F)c1C#N. The van der Waals surface area contributed by atoms with Gasteiger partial charge in [-0.2, -0.15) is 23.5 Å². The van der Waals surface area contributed by atoms with Crippen LogP contribution in [0.4, 0.5) is 13.2 Å². The van der Waals surface area contributed by atoms with Crippen molar-refractivity contribution in [2.75, 3.05) is 0 Å². The lowest BCUT2D eigenvalue weighted by Crippen LogP contribution is -2.32. The van der Waals surface area contributed by atoms with Crippen LogP contribution in [-0.2, 0) is 7.05 Å². The number of hydrogen-bond donors (Lipinski definition) is 0. The molecule has 0 amide bonds. The Kier molecular flexibility index (Phi) is 3.12. The van der Waals surface area contributed by atoms with E-state index in [4.69, 9.17) is 10.00 Å². The number of rotatable bonds is 2. The predicted octanol–water partition coefficient (Wildman–Crippen LogP) is 1.93. The molecular formula is C9H10F3N3O. The van der Waals surface area contributed by atoms with Crippen LogP contribution in [-0.4, -0.2) is 22.1 Å². The summed E-state index contributed by atoms with van der Waals surface area (Å²) in [7, 11) is 1.42. The summed E-state index contributed by atoms with van der Waals surface area (Å²) in [6, 6.07) is 1.77. The molecule has 0 fully saturated rings. The molecular weight excluding hydrogens is 223 g/mol. The fraction of sp³-hybridized carbons (Fsp3) is 0.556. The Balaban J connectivity index is 3.03. The number of nitriles is 1. The van der Waals surface area contributed by atoms with E-state index in [9.17, 15) is 13.2 Å². The molecule has 0 aliphatic rings. The Morgan fingerprint density at radius 1 is 1.50 bits per heavy atom. The van der Waals surface area contributed by atoms with Gasteiger partial charge < -0.3 is 4.74 Å². The van der Waals surface area contributed by atoms with Crippen LogP contribution >= 0.6 is 0 Å². The number of hydrogen-bond acceptors (Lipinski definition) is 3. The monoisotopic (exact) mass is 233 g/mol. The van der Waals surface area contributed by atoms with Crippen LogP contribution in [0.3, 0.4) is 0 Å². The molecule has 0 saturated heterocycles. The molecule has 1 rings (SSSR count). The van der Waals surface area contributed by atoms with Crippen molar-refractivity contribution < 1.29 is 17.9 Å². The van der Waals surface area contributed by atoms with Gasteiger partial charge in [0.05, 0.1) is 5.69 Å². The lowest BCUT2D eigenvalue weighted by atomic mass is 10.3. The third kappa shape index (κ3) is 2.27. The summed E-state index contributed by atoms with van der Waals surface area (Å²) in [6.07, 6.45) is -6.44. The number of nitrogens with zero attached hydrogens (tertiary/aromatic N) is 3. The van der Waals surface area contributed by atoms with E-state index in [1.54, 1.807) is 6.07 Å². The van der Waals surface area contributed by atoms with Crippen LogP contribution in [0.15, 0.2) is 0 Å². The maximum atomic E-state index is 12.3. The predicted molar refractivity (Wildman–Crippen MR) is 48.8 cm³/mol. The van der Waals surface area contributed by atoms with Crippen molar-refractivity contribution in [1.82, 2.24) is 9.78 Å². The first-order valence-electron chi connectivity index (χ1n) is 4.44. The minimum atomic E-state index is -4.47. The normalized spacial score (nSPS) is 13.3. The van der Waals surface area contributed by atoms with Gasteiger partial charge in [-0.1, -0.05) is 0 Å². The molecule has 16 heavy (non-hydrogen) atoms. The first kappa shape index (κ1) is 12.4. The number of aromatic nitrogens is 2. The van der Waals surface area contributed by atoms with Crippen LogP contribution < -0.4 is 4.74 Å². The standard InChI is InChI=1S/C9H10F3N3O/c1-5-7(4-13)8(15(3)14-5)16-6(2)9(10,11)12/h6H,1-3H3. The van der Waals surface area contributed by atoms with Gasteiger partial charge in [0, 0.05) is 7.05 Å². The van der Waals surface area contributed by atoms with Crippen LogP contribution in [0.1, 0.15) is 18.2 Å². The van der Waals surface area contributed by atoms with E-state index in [2.05, 4.69) is 5.10 Å². The molecule has 88 valence electrons. The van der Waals surface area contributed by atoms with Crippen molar-refractivity contribution in [3.63, 3.8) is 0 Å². The van der Waals surface area contributed by atoms with Crippen LogP contribution in [0.2, 0.25) is 0 Å². The van der Waals surface area contributed by atoms with Gasteiger partial charge in [-0.15, -0.1) is 0 Å². The summed E-state index contributed by atoms with van der Waals surface area (Å²) < 4.78 is 42.6. The first-order chi connectivity index (χ1) is 7.27. The largest absolute Gasteiger partial charge is 0.464 e. The highest BCUT2D eigenvalue weighted by molar-refractivity contribution is 5.42. The van der Waals surface area contributed by atoms with E-state index in [1.807, 2.05) is 0 Å². The minimum Gasteiger partial charge on any atom is -0.464 e. The first-order valence-corrected chi connectivity index (χ1v) is 4.44. The number of alkyl halides is 3. The lowest BCUT2D eigenvalue weighted by Gasteiger charge is -2.17. The molecule has 0 saturated carbocycles. The number of halogens is 3. The summed E-state index contributed by atoms with van der Waals surface area (Å²) in [5.74, 6) is -0.162. The average Bonchev–Trinajstić information content (AvgIpc) is 2.40. The van der Waals surface area contributed by atoms with Crippen LogP contribution in [0, 0.1) is 18.3 Å². The van der Waals surface area contributed by atoms with Gasteiger partial charge in [0.15, 0.2) is 6.10 Å². The quantitative estimate of drug-likeness (QED) is 0.784. The van der Waals surface area contributed by atoms with Crippen molar-refractivity contribution in [2.24, 2.45) is 7.05 Å². The molecule has 1 heterocycles. The smallest absolute Gasteiger partial charge is 0.425 e. The Bertz CT molecular complexity index is 430. The molecule has 0 radical (unpaired) electrons. The van der Waals surface area contributed by atoms with Crippen molar-refractivity contribution in [1.29, 1.82) is 5.26 Å². The second kappa shape index (κ2) is 4.04. The summed E-state index contributed by atoms with van der Waals surface area (Å²) in [5, 5.41) is 12.6. The minimum absolute atomic E-state index is 0.0265. The third-order valence-electron chi connectivity index (χ3n) is 2.03.